The Morgan fingerprint density at radius 2 is 1.64 bits per heavy atom. The molecule has 2 aromatic heterocycles. The lowest BCUT2D eigenvalue weighted by Crippen LogP contribution is -2.20. The van der Waals surface area contributed by atoms with Crippen LogP contribution >= 0.6 is 0 Å². The van der Waals surface area contributed by atoms with Gasteiger partial charge in [-0.25, -0.2) is 0 Å². The minimum Gasteiger partial charge on any atom is -0.406 e. The van der Waals surface area contributed by atoms with Crippen molar-refractivity contribution in [2.75, 3.05) is 6.61 Å². The van der Waals surface area contributed by atoms with Gasteiger partial charge in [-0.05, 0) is 41.5 Å². The van der Waals surface area contributed by atoms with Crippen molar-refractivity contribution < 1.29 is 31.4 Å². The summed E-state index contributed by atoms with van der Waals surface area (Å²) in [6, 6.07) is 14.8. The van der Waals surface area contributed by atoms with Crippen LogP contribution in [0.25, 0.3) is 16.8 Å². The number of halogens is 5. The molecule has 2 aromatic carbocycles. The Balaban J connectivity index is 1.60. The molecule has 0 radical (unpaired) electrons. The summed E-state index contributed by atoms with van der Waals surface area (Å²) in [7, 11) is 0. The van der Waals surface area contributed by atoms with E-state index in [1.54, 1.807) is 24.3 Å². The number of hydrogen-bond donors (Lipinski definition) is 0. The minimum atomic E-state index is -4.83. The number of alkyl halides is 5. The highest BCUT2D eigenvalue weighted by Gasteiger charge is 2.36. The molecule has 0 amide bonds. The Hall–Kier alpha value is -3.97. The van der Waals surface area contributed by atoms with E-state index in [2.05, 4.69) is 26.8 Å². The van der Waals surface area contributed by atoms with Gasteiger partial charge in [-0.2, -0.15) is 8.78 Å². The fourth-order valence-corrected chi connectivity index (χ4v) is 3.02. The quantitative estimate of drug-likeness (QED) is 0.296. The fourth-order valence-electron chi connectivity index (χ4n) is 3.02. The van der Waals surface area contributed by atoms with E-state index in [4.69, 9.17) is 4.74 Å². The Bertz CT molecular complexity index is 1310. The average molecular weight is 459 g/mol. The third-order valence-corrected chi connectivity index (χ3v) is 4.46. The molecule has 0 saturated carbocycles. The van der Waals surface area contributed by atoms with Crippen LogP contribution in [0.3, 0.4) is 0 Å². The zero-order valence-corrected chi connectivity index (χ0v) is 16.7. The number of aromatic nitrogens is 3. The van der Waals surface area contributed by atoms with Crippen molar-refractivity contribution in [1.82, 2.24) is 14.6 Å². The Labute approximate surface area is 184 Å². The maximum absolute atomic E-state index is 14.9. The third-order valence-electron chi connectivity index (χ3n) is 4.46. The van der Waals surface area contributed by atoms with Crippen molar-refractivity contribution in [3.8, 4) is 28.7 Å². The van der Waals surface area contributed by atoms with Crippen LogP contribution in [0.2, 0.25) is 0 Å². The van der Waals surface area contributed by atoms with Crippen LogP contribution in [0.1, 0.15) is 11.1 Å². The molecule has 0 saturated heterocycles. The van der Waals surface area contributed by atoms with Crippen LogP contribution < -0.4 is 4.74 Å². The summed E-state index contributed by atoms with van der Waals surface area (Å²) >= 11 is 0. The number of benzene rings is 2. The summed E-state index contributed by atoms with van der Waals surface area (Å²) in [5, 5.41) is 7.37. The zero-order valence-electron chi connectivity index (χ0n) is 16.7. The first kappa shape index (κ1) is 22.2. The minimum absolute atomic E-state index is 0.128. The Morgan fingerprint density at radius 3 is 2.33 bits per heavy atom. The molecule has 5 nitrogen and oxygen atoms in total. The molecule has 168 valence electrons. The first-order valence-corrected chi connectivity index (χ1v) is 9.47. The van der Waals surface area contributed by atoms with E-state index >= 15 is 0 Å². The van der Waals surface area contributed by atoms with Crippen LogP contribution in [0.5, 0.6) is 5.75 Å². The van der Waals surface area contributed by atoms with Gasteiger partial charge in [0, 0.05) is 11.8 Å². The molecule has 0 bridgehead atoms. The Kier molecular flexibility index (Phi) is 5.98. The van der Waals surface area contributed by atoms with Gasteiger partial charge in [0.25, 0.3) is 0 Å². The molecule has 0 N–H and O–H groups in total. The lowest BCUT2D eigenvalue weighted by Gasteiger charge is -2.17. The van der Waals surface area contributed by atoms with Crippen LogP contribution in [-0.4, -0.2) is 27.6 Å². The monoisotopic (exact) mass is 459 g/mol. The van der Waals surface area contributed by atoms with E-state index in [1.807, 2.05) is 6.07 Å². The van der Waals surface area contributed by atoms with Gasteiger partial charge in [0.15, 0.2) is 5.65 Å². The molecule has 0 spiro atoms. The normalized spacial score (nSPS) is 11.8. The van der Waals surface area contributed by atoms with Crippen molar-refractivity contribution in [2.24, 2.45) is 0 Å². The van der Waals surface area contributed by atoms with Crippen molar-refractivity contribution >= 4 is 5.65 Å². The standard InChI is InChI=1S/C23H14F5N3O2/c24-22(25,32-12-4-7-16-5-2-1-3-6-16)20-13-18(14-31-15-29-30-21(20)31)17-8-10-19(11-9-17)33-23(26,27)28/h1-3,5-6,8-11,13-15H,12H2. The second kappa shape index (κ2) is 8.88. The van der Waals surface area contributed by atoms with E-state index in [0.717, 1.165) is 18.2 Å². The van der Waals surface area contributed by atoms with Crippen molar-refractivity contribution in [3.63, 3.8) is 0 Å². The van der Waals surface area contributed by atoms with Gasteiger partial charge in [0.1, 0.15) is 18.7 Å². The van der Waals surface area contributed by atoms with Crippen molar-refractivity contribution in [2.45, 2.75) is 12.5 Å². The number of pyridine rings is 1. The summed E-state index contributed by atoms with van der Waals surface area (Å²) in [6.07, 6.45) is -5.88. The Morgan fingerprint density at radius 1 is 0.909 bits per heavy atom. The lowest BCUT2D eigenvalue weighted by atomic mass is 10.0. The van der Waals surface area contributed by atoms with E-state index in [1.165, 1.54) is 29.1 Å². The average Bonchev–Trinajstić information content (AvgIpc) is 3.25. The molecule has 2 heterocycles. The van der Waals surface area contributed by atoms with E-state index < -0.39 is 30.4 Å². The predicted molar refractivity (Wildman–Crippen MR) is 108 cm³/mol. The van der Waals surface area contributed by atoms with Crippen molar-refractivity contribution in [3.05, 3.63) is 84.3 Å². The predicted octanol–water partition coefficient (Wildman–Crippen LogP) is 5.41. The summed E-state index contributed by atoms with van der Waals surface area (Å²) in [5.41, 5.74) is 0.631. The third kappa shape index (κ3) is 5.45. The highest BCUT2D eigenvalue weighted by atomic mass is 19.4. The summed E-state index contributed by atoms with van der Waals surface area (Å²) in [4.78, 5) is 0. The van der Waals surface area contributed by atoms with Crippen LogP contribution in [0.4, 0.5) is 22.0 Å². The SMILES string of the molecule is FC(F)(F)Oc1ccc(-c2cc(C(F)(F)OCC#Cc3ccccc3)c3nncn3c2)cc1. The van der Waals surface area contributed by atoms with Crippen LogP contribution in [0, 0.1) is 11.8 Å². The molecule has 0 atom stereocenters. The van der Waals surface area contributed by atoms with Gasteiger partial charge in [-0.3, -0.25) is 4.40 Å². The van der Waals surface area contributed by atoms with E-state index in [0.29, 0.717) is 11.1 Å². The zero-order chi connectivity index (χ0) is 23.5. The second-order valence-corrected chi connectivity index (χ2v) is 6.75. The molecule has 4 aromatic rings. The summed E-state index contributed by atoms with van der Waals surface area (Å²) in [5.74, 6) is 4.84. The second-order valence-electron chi connectivity index (χ2n) is 6.75. The maximum Gasteiger partial charge on any atom is 0.573 e. The number of ether oxygens (including phenoxy) is 2. The summed E-state index contributed by atoms with van der Waals surface area (Å²) in [6.45, 7) is -0.546. The molecule has 10 heteroatoms. The van der Waals surface area contributed by atoms with Gasteiger partial charge < -0.3 is 9.47 Å². The molecule has 0 aliphatic carbocycles. The number of hydrogen-bond acceptors (Lipinski definition) is 4. The molecule has 0 fully saturated rings. The topological polar surface area (TPSA) is 48.7 Å². The van der Waals surface area contributed by atoms with Gasteiger partial charge in [-0.15, -0.1) is 23.4 Å². The van der Waals surface area contributed by atoms with Gasteiger partial charge in [0.2, 0.25) is 0 Å². The van der Waals surface area contributed by atoms with Crippen molar-refractivity contribution in [1.29, 1.82) is 0 Å². The van der Waals surface area contributed by atoms with E-state index in [9.17, 15) is 22.0 Å². The van der Waals surface area contributed by atoms with Gasteiger partial charge in [0.05, 0.1) is 5.56 Å². The number of nitrogens with zero attached hydrogens (tertiary/aromatic N) is 3. The molecule has 4 rings (SSSR count). The lowest BCUT2D eigenvalue weighted by molar-refractivity contribution is -0.274. The molecule has 33 heavy (non-hydrogen) atoms. The first-order chi connectivity index (χ1) is 15.7. The molecule has 0 aliphatic heterocycles. The summed E-state index contributed by atoms with van der Waals surface area (Å²) < 4.78 is 76.8. The molecular formula is C23H14F5N3O2. The number of rotatable bonds is 5. The van der Waals surface area contributed by atoms with Crippen LogP contribution in [0.15, 0.2) is 73.2 Å². The van der Waals surface area contributed by atoms with Gasteiger partial charge in [-0.1, -0.05) is 42.2 Å². The van der Waals surface area contributed by atoms with E-state index in [-0.39, 0.29) is 11.2 Å². The number of fused-ring (bicyclic) bond motifs is 1. The van der Waals surface area contributed by atoms with Crippen LogP contribution in [-0.2, 0) is 10.8 Å². The maximum atomic E-state index is 14.9. The van der Waals surface area contributed by atoms with Gasteiger partial charge >= 0.3 is 12.5 Å². The molecule has 0 aliphatic rings. The first-order valence-electron chi connectivity index (χ1n) is 9.47. The smallest absolute Gasteiger partial charge is 0.406 e. The highest BCUT2D eigenvalue weighted by Crippen LogP contribution is 2.35. The highest BCUT2D eigenvalue weighted by molar-refractivity contribution is 5.68. The largest absolute Gasteiger partial charge is 0.573 e. The molecular weight excluding hydrogens is 445 g/mol. The molecule has 0 unspecified atom stereocenters. The fraction of sp³-hybridized carbons (Fsp3) is 0.130.